The zero-order chi connectivity index (χ0) is 12.1. The van der Waals surface area contributed by atoms with Crippen molar-refractivity contribution in [2.45, 2.75) is 38.2 Å². The van der Waals surface area contributed by atoms with Crippen molar-refractivity contribution >= 4 is 5.97 Å². The fourth-order valence-corrected chi connectivity index (χ4v) is 2.11. The second-order valence-corrected chi connectivity index (χ2v) is 4.35. The second-order valence-electron chi connectivity index (χ2n) is 4.35. The van der Waals surface area contributed by atoms with Crippen molar-refractivity contribution in [1.29, 1.82) is 0 Å². The Morgan fingerprint density at radius 3 is 2.65 bits per heavy atom. The number of carbonyl (C=O) groups is 1. The molecule has 1 aromatic rings. The van der Waals surface area contributed by atoms with E-state index in [2.05, 4.69) is 0 Å². The van der Waals surface area contributed by atoms with Crippen molar-refractivity contribution in [3.05, 3.63) is 29.8 Å². The number of ether oxygens (including phenoxy) is 2. The molecule has 1 aliphatic heterocycles. The van der Waals surface area contributed by atoms with Crippen molar-refractivity contribution in [2.75, 3.05) is 7.11 Å². The van der Waals surface area contributed by atoms with Gasteiger partial charge >= 0.3 is 5.97 Å². The molecule has 0 spiro atoms. The average molecular weight is 234 g/mol. The van der Waals surface area contributed by atoms with Crippen LogP contribution in [0.4, 0.5) is 0 Å². The van der Waals surface area contributed by atoms with Crippen molar-refractivity contribution in [3.8, 4) is 5.75 Å². The molecule has 1 unspecified atom stereocenters. The van der Waals surface area contributed by atoms with E-state index in [0.717, 1.165) is 37.0 Å². The van der Waals surface area contributed by atoms with Gasteiger partial charge in [0.15, 0.2) is 0 Å². The molecular formula is C14H18O3. The van der Waals surface area contributed by atoms with Gasteiger partial charge < -0.3 is 9.47 Å². The molecule has 1 aromatic carbocycles. The molecule has 1 atom stereocenters. The third-order valence-corrected chi connectivity index (χ3v) is 3.11. The fraction of sp³-hybridized carbons (Fsp3) is 0.500. The summed E-state index contributed by atoms with van der Waals surface area (Å²) < 4.78 is 10.6. The Bertz CT molecular complexity index is 370. The molecule has 0 aliphatic carbocycles. The number of hydrogen-bond acceptors (Lipinski definition) is 3. The van der Waals surface area contributed by atoms with Gasteiger partial charge in [0.05, 0.1) is 7.11 Å². The smallest absolute Gasteiger partial charge is 0.306 e. The van der Waals surface area contributed by atoms with E-state index in [-0.39, 0.29) is 12.1 Å². The van der Waals surface area contributed by atoms with Gasteiger partial charge in [-0.05, 0) is 37.0 Å². The molecule has 3 nitrogen and oxygen atoms in total. The van der Waals surface area contributed by atoms with E-state index in [1.807, 2.05) is 24.3 Å². The van der Waals surface area contributed by atoms with Crippen LogP contribution in [0.3, 0.4) is 0 Å². The lowest BCUT2D eigenvalue weighted by atomic mass is 10.0. The summed E-state index contributed by atoms with van der Waals surface area (Å²) in [6, 6.07) is 7.75. The van der Waals surface area contributed by atoms with Gasteiger partial charge in [-0.15, -0.1) is 0 Å². The summed E-state index contributed by atoms with van der Waals surface area (Å²) in [7, 11) is 1.64. The van der Waals surface area contributed by atoms with Crippen LogP contribution in [-0.2, 0) is 9.53 Å². The molecule has 17 heavy (non-hydrogen) atoms. The minimum absolute atomic E-state index is 0.0782. The van der Waals surface area contributed by atoms with E-state index in [0.29, 0.717) is 6.42 Å². The lowest BCUT2D eigenvalue weighted by Gasteiger charge is -2.20. The number of rotatable bonds is 2. The predicted octanol–water partition coefficient (Wildman–Crippen LogP) is 3.24. The van der Waals surface area contributed by atoms with E-state index in [4.69, 9.17) is 9.47 Å². The highest BCUT2D eigenvalue weighted by Gasteiger charge is 2.18. The van der Waals surface area contributed by atoms with Gasteiger partial charge in [-0.3, -0.25) is 4.79 Å². The maximum absolute atomic E-state index is 11.5. The minimum Gasteiger partial charge on any atom is -0.497 e. The van der Waals surface area contributed by atoms with Gasteiger partial charge in [-0.1, -0.05) is 18.6 Å². The first-order chi connectivity index (χ1) is 8.29. The third-order valence-electron chi connectivity index (χ3n) is 3.11. The van der Waals surface area contributed by atoms with Gasteiger partial charge in [0.1, 0.15) is 11.9 Å². The Labute approximate surface area is 102 Å². The van der Waals surface area contributed by atoms with Gasteiger partial charge in [0, 0.05) is 6.42 Å². The first-order valence-corrected chi connectivity index (χ1v) is 6.13. The number of methoxy groups -OCH3 is 1. The SMILES string of the molecule is COc1ccc(C2CCCCCC(=O)O2)cc1. The largest absolute Gasteiger partial charge is 0.497 e. The number of benzene rings is 1. The quantitative estimate of drug-likeness (QED) is 0.737. The van der Waals surface area contributed by atoms with E-state index in [1.54, 1.807) is 7.11 Å². The average Bonchev–Trinajstić information content (AvgIpc) is 2.34. The van der Waals surface area contributed by atoms with E-state index in [1.165, 1.54) is 0 Å². The maximum Gasteiger partial charge on any atom is 0.306 e. The van der Waals surface area contributed by atoms with Crippen molar-refractivity contribution in [1.82, 2.24) is 0 Å². The van der Waals surface area contributed by atoms with Crippen molar-refractivity contribution in [2.24, 2.45) is 0 Å². The van der Waals surface area contributed by atoms with Crippen molar-refractivity contribution in [3.63, 3.8) is 0 Å². The summed E-state index contributed by atoms with van der Waals surface area (Å²) >= 11 is 0. The Hall–Kier alpha value is -1.51. The van der Waals surface area contributed by atoms with Gasteiger partial charge in [0.2, 0.25) is 0 Å². The van der Waals surface area contributed by atoms with E-state index in [9.17, 15) is 4.79 Å². The van der Waals surface area contributed by atoms with Gasteiger partial charge in [-0.2, -0.15) is 0 Å². The molecule has 0 saturated carbocycles. The third kappa shape index (κ3) is 3.22. The highest BCUT2D eigenvalue weighted by molar-refractivity contribution is 5.69. The molecule has 0 radical (unpaired) electrons. The second kappa shape index (κ2) is 5.71. The molecule has 92 valence electrons. The van der Waals surface area contributed by atoms with Crippen LogP contribution in [0.15, 0.2) is 24.3 Å². The fourth-order valence-electron chi connectivity index (χ4n) is 2.11. The van der Waals surface area contributed by atoms with Crippen LogP contribution in [0.1, 0.15) is 43.8 Å². The van der Waals surface area contributed by atoms with Crippen LogP contribution >= 0.6 is 0 Å². The summed E-state index contributed by atoms with van der Waals surface area (Å²) in [5.41, 5.74) is 1.06. The van der Waals surface area contributed by atoms with Gasteiger partial charge in [0.25, 0.3) is 0 Å². The van der Waals surface area contributed by atoms with E-state index >= 15 is 0 Å². The maximum atomic E-state index is 11.5. The number of esters is 1. The summed E-state index contributed by atoms with van der Waals surface area (Å²) in [4.78, 5) is 11.5. The van der Waals surface area contributed by atoms with Crippen LogP contribution in [0.25, 0.3) is 0 Å². The summed E-state index contributed by atoms with van der Waals surface area (Å²) in [5.74, 6) is 0.747. The topological polar surface area (TPSA) is 35.5 Å². The highest BCUT2D eigenvalue weighted by atomic mass is 16.5. The molecule has 0 amide bonds. The lowest BCUT2D eigenvalue weighted by Crippen LogP contribution is -2.13. The molecular weight excluding hydrogens is 216 g/mol. The molecule has 2 rings (SSSR count). The molecule has 0 bridgehead atoms. The molecule has 1 saturated heterocycles. The van der Waals surface area contributed by atoms with Crippen LogP contribution < -0.4 is 4.74 Å². The monoisotopic (exact) mass is 234 g/mol. The Kier molecular flexibility index (Phi) is 4.02. The molecule has 0 N–H and O–H groups in total. The first kappa shape index (κ1) is 12.0. The van der Waals surface area contributed by atoms with Crippen molar-refractivity contribution < 1.29 is 14.3 Å². The highest BCUT2D eigenvalue weighted by Crippen LogP contribution is 2.28. The molecule has 3 heteroatoms. The van der Waals surface area contributed by atoms with E-state index < -0.39 is 0 Å². The Morgan fingerprint density at radius 2 is 1.94 bits per heavy atom. The van der Waals surface area contributed by atoms with Crippen LogP contribution in [-0.4, -0.2) is 13.1 Å². The molecule has 1 aliphatic rings. The number of carbonyl (C=O) groups excluding carboxylic acids is 1. The summed E-state index contributed by atoms with van der Waals surface area (Å²) in [6.07, 6.45) is 4.55. The lowest BCUT2D eigenvalue weighted by molar-refractivity contribution is -0.150. The number of cyclic esters (lactones) is 1. The zero-order valence-corrected chi connectivity index (χ0v) is 10.1. The van der Waals surface area contributed by atoms with Crippen LogP contribution in [0, 0.1) is 0 Å². The Balaban J connectivity index is 2.09. The molecule has 1 heterocycles. The first-order valence-electron chi connectivity index (χ1n) is 6.13. The minimum atomic E-state index is -0.0892. The number of hydrogen-bond donors (Lipinski definition) is 0. The Morgan fingerprint density at radius 1 is 1.18 bits per heavy atom. The van der Waals surface area contributed by atoms with Crippen LogP contribution in [0.2, 0.25) is 0 Å². The van der Waals surface area contributed by atoms with Crippen LogP contribution in [0.5, 0.6) is 5.75 Å². The standard InChI is InChI=1S/C14H18O3/c1-16-12-9-7-11(8-10-12)13-5-3-2-4-6-14(15)17-13/h7-10,13H,2-6H2,1H3. The molecule has 1 fully saturated rings. The summed E-state index contributed by atoms with van der Waals surface area (Å²) in [5, 5.41) is 0. The van der Waals surface area contributed by atoms with Gasteiger partial charge in [-0.25, -0.2) is 0 Å². The predicted molar refractivity (Wildman–Crippen MR) is 64.9 cm³/mol. The normalized spacial score (nSPS) is 21.2. The summed E-state index contributed by atoms with van der Waals surface area (Å²) in [6.45, 7) is 0. The molecule has 0 aromatic heterocycles. The zero-order valence-electron chi connectivity index (χ0n) is 10.1.